The van der Waals surface area contributed by atoms with E-state index in [-0.39, 0.29) is 16.1 Å². The first kappa shape index (κ1) is 14.8. The van der Waals surface area contributed by atoms with Gasteiger partial charge in [0.05, 0.1) is 17.6 Å². The second kappa shape index (κ2) is 5.40. The topological polar surface area (TPSA) is 133 Å². The molecule has 0 aliphatic heterocycles. The van der Waals surface area contributed by atoms with Crippen LogP contribution >= 0.6 is 0 Å². The molecule has 0 aliphatic rings. The van der Waals surface area contributed by atoms with Gasteiger partial charge in [-0.25, -0.2) is 12.8 Å². The Hall–Kier alpha value is -2.62. The molecule has 8 nitrogen and oxygen atoms in total. The number of rotatable bonds is 4. The van der Waals surface area contributed by atoms with E-state index in [9.17, 15) is 12.8 Å². The Balaban J connectivity index is 2.47. The fourth-order valence-electron chi connectivity index (χ4n) is 1.68. The molecule has 0 aliphatic carbocycles. The molecule has 10 heteroatoms. The lowest BCUT2D eigenvalue weighted by atomic mass is 10.1. The third kappa shape index (κ3) is 2.94. The van der Waals surface area contributed by atoms with E-state index in [4.69, 9.17) is 10.9 Å². The Bertz CT molecular complexity index is 800. The van der Waals surface area contributed by atoms with E-state index in [1.165, 1.54) is 13.0 Å². The number of nitrogens with two attached hydrogens (primary N) is 1. The highest BCUT2D eigenvalue weighted by Gasteiger charge is 2.21. The molecule has 1 heterocycles. The maximum atomic E-state index is 13.2. The monoisotopic (exact) mass is 313 g/mol. The van der Waals surface area contributed by atoms with Crippen molar-refractivity contribution in [3.63, 3.8) is 0 Å². The summed E-state index contributed by atoms with van der Waals surface area (Å²) in [4.78, 5) is -0.0581. The van der Waals surface area contributed by atoms with Crippen molar-refractivity contribution >= 4 is 21.5 Å². The summed E-state index contributed by atoms with van der Waals surface area (Å²) in [5.74, 6) is -1.07. The smallest absolute Gasteiger partial charge is 0.265 e. The molecule has 0 radical (unpaired) electrons. The number of amidine groups is 1. The Morgan fingerprint density at radius 3 is 2.81 bits per heavy atom. The summed E-state index contributed by atoms with van der Waals surface area (Å²) in [5.41, 5.74) is 5.65. The Labute approximate surface area is 119 Å². The number of aromatic amines is 1. The normalized spacial score (nSPS) is 12.4. The van der Waals surface area contributed by atoms with E-state index >= 15 is 0 Å². The van der Waals surface area contributed by atoms with E-state index in [0.717, 1.165) is 18.3 Å². The van der Waals surface area contributed by atoms with Crippen molar-refractivity contribution in [1.82, 2.24) is 10.2 Å². The molecule has 5 N–H and O–H groups in total. The van der Waals surface area contributed by atoms with Crippen molar-refractivity contribution in [3.8, 4) is 0 Å². The zero-order valence-corrected chi connectivity index (χ0v) is 11.6. The van der Waals surface area contributed by atoms with Crippen LogP contribution in [0.1, 0.15) is 11.3 Å². The van der Waals surface area contributed by atoms with Crippen LogP contribution in [0.25, 0.3) is 0 Å². The first-order valence-corrected chi connectivity index (χ1v) is 7.13. The van der Waals surface area contributed by atoms with Gasteiger partial charge < -0.3 is 10.9 Å². The molecule has 0 spiro atoms. The molecule has 1 aromatic heterocycles. The van der Waals surface area contributed by atoms with Crippen LogP contribution in [0.4, 0.5) is 10.1 Å². The fourth-order valence-corrected chi connectivity index (χ4v) is 2.90. The maximum Gasteiger partial charge on any atom is 0.265 e. The zero-order valence-electron chi connectivity index (χ0n) is 10.8. The second-order valence-corrected chi connectivity index (χ2v) is 5.79. The molecule has 2 aromatic rings. The van der Waals surface area contributed by atoms with Gasteiger partial charge in [-0.3, -0.25) is 9.82 Å². The minimum Gasteiger partial charge on any atom is -0.409 e. The van der Waals surface area contributed by atoms with Crippen molar-refractivity contribution in [2.45, 2.75) is 11.8 Å². The van der Waals surface area contributed by atoms with Crippen LogP contribution in [-0.4, -0.2) is 29.7 Å². The van der Waals surface area contributed by atoms with Crippen molar-refractivity contribution < 1.29 is 18.0 Å². The lowest BCUT2D eigenvalue weighted by Gasteiger charge is -2.11. The summed E-state index contributed by atoms with van der Waals surface area (Å²) in [6.45, 7) is 1.54. The van der Waals surface area contributed by atoms with E-state index in [1.807, 2.05) is 0 Å². The Kier molecular flexibility index (Phi) is 3.80. The van der Waals surface area contributed by atoms with Gasteiger partial charge in [-0.05, 0) is 25.1 Å². The van der Waals surface area contributed by atoms with E-state index in [1.54, 1.807) is 0 Å². The average molecular weight is 313 g/mol. The SMILES string of the molecule is Cc1[nH]ncc1S(=O)(=O)Nc1ccc(F)cc1/C(N)=N/O. The molecule has 0 saturated carbocycles. The van der Waals surface area contributed by atoms with Gasteiger partial charge in [0.15, 0.2) is 5.84 Å². The second-order valence-electron chi connectivity index (χ2n) is 4.14. The number of hydrogen-bond donors (Lipinski definition) is 4. The minimum absolute atomic E-state index is 0.0210. The van der Waals surface area contributed by atoms with Gasteiger partial charge in [0, 0.05) is 5.56 Å². The predicted molar refractivity (Wildman–Crippen MR) is 73.0 cm³/mol. The highest BCUT2D eigenvalue weighted by molar-refractivity contribution is 7.92. The molecule has 0 unspecified atom stereocenters. The fraction of sp³-hybridized carbons (Fsp3) is 0.0909. The zero-order chi connectivity index (χ0) is 15.6. The van der Waals surface area contributed by atoms with Gasteiger partial charge in [0.25, 0.3) is 10.0 Å². The molecule has 0 saturated heterocycles. The van der Waals surface area contributed by atoms with Gasteiger partial charge in [0.1, 0.15) is 10.7 Å². The number of aryl methyl sites for hydroxylation is 1. The number of nitrogens with zero attached hydrogens (tertiary/aromatic N) is 2. The molecule has 1 aromatic carbocycles. The van der Waals surface area contributed by atoms with Gasteiger partial charge in [-0.1, -0.05) is 5.16 Å². The van der Waals surface area contributed by atoms with Gasteiger partial charge in [0.2, 0.25) is 0 Å². The van der Waals surface area contributed by atoms with Crippen LogP contribution in [0.15, 0.2) is 34.4 Å². The molecule has 2 rings (SSSR count). The van der Waals surface area contributed by atoms with Crippen molar-refractivity contribution in [2.75, 3.05) is 4.72 Å². The predicted octanol–water partition coefficient (Wildman–Crippen LogP) is 0.753. The number of hydrogen-bond acceptors (Lipinski definition) is 5. The molecular formula is C11H12FN5O3S. The van der Waals surface area contributed by atoms with Crippen LogP contribution in [-0.2, 0) is 10.0 Å². The molecule has 0 bridgehead atoms. The molecule has 0 atom stereocenters. The summed E-state index contributed by atoms with van der Waals surface area (Å²) < 4.78 is 39.9. The molecule has 0 fully saturated rings. The quantitative estimate of drug-likeness (QED) is 0.286. The number of sulfonamides is 1. The lowest BCUT2D eigenvalue weighted by molar-refractivity contribution is 0.318. The number of oxime groups is 1. The number of benzene rings is 1. The van der Waals surface area contributed by atoms with E-state index in [0.29, 0.717) is 5.69 Å². The van der Waals surface area contributed by atoms with Crippen LogP contribution < -0.4 is 10.5 Å². The number of H-pyrrole nitrogens is 1. The van der Waals surface area contributed by atoms with Crippen molar-refractivity contribution in [2.24, 2.45) is 10.9 Å². The summed E-state index contributed by atoms with van der Waals surface area (Å²) in [6, 6.07) is 3.18. The average Bonchev–Trinajstić information content (AvgIpc) is 2.87. The first-order chi connectivity index (χ1) is 9.85. The third-order valence-corrected chi connectivity index (χ3v) is 4.16. The summed E-state index contributed by atoms with van der Waals surface area (Å²) in [6.07, 6.45) is 1.14. The molecular weight excluding hydrogens is 301 g/mol. The number of halogens is 1. The highest BCUT2D eigenvalue weighted by Crippen LogP contribution is 2.22. The summed E-state index contributed by atoms with van der Waals surface area (Å²) in [7, 11) is -3.94. The van der Waals surface area contributed by atoms with E-state index < -0.39 is 21.7 Å². The largest absolute Gasteiger partial charge is 0.409 e. The van der Waals surface area contributed by atoms with Crippen LogP contribution in [0.3, 0.4) is 0 Å². The minimum atomic E-state index is -3.94. The van der Waals surface area contributed by atoms with Crippen molar-refractivity contribution in [1.29, 1.82) is 0 Å². The third-order valence-electron chi connectivity index (χ3n) is 2.68. The number of nitrogens with one attached hydrogen (secondary N) is 2. The number of anilines is 1. The number of aromatic nitrogens is 2. The van der Waals surface area contributed by atoms with Crippen molar-refractivity contribution in [3.05, 3.63) is 41.5 Å². The maximum absolute atomic E-state index is 13.2. The van der Waals surface area contributed by atoms with Gasteiger partial charge >= 0.3 is 0 Å². The standard InChI is InChI=1S/C11H12FN5O3S/c1-6-10(5-14-15-6)21(19,20)17-9-3-2-7(12)4-8(9)11(13)16-18/h2-5,17-18H,1H3,(H2,13,16)(H,14,15). The molecule has 21 heavy (non-hydrogen) atoms. The van der Waals surface area contributed by atoms with Gasteiger partial charge in [-0.2, -0.15) is 5.10 Å². The summed E-state index contributed by atoms with van der Waals surface area (Å²) in [5, 5.41) is 17.5. The Morgan fingerprint density at radius 1 is 1.52 bits per heavy atom. The Morgan fingerprint density at radius 2 is 2.24 bits per heavy atom. The molecule has 112 valence electrons. The molecule has 0 amide bonds. The van der Waals surface area contributed by atoms with Gasteiger partial charge in [-0.15, -0.1) is 0 Å². The highest BCUT2D eigenvalue weighted by atomic mass is 32.2. The lowest BCUT2D eigenvalue weighted by Crippen LogP contribution is -2.20. The van der Waals surface area contributed by atoms with Crippen LogP contribution in [0.5, 0.6) is 0 Å². The van der Waals surface area contributed by atoms with Crippen LogP contribution in [0, 0.1) is 12.7 Å². The first-order valence-electron chi connectivity index (χ1n) is 5.65. The van der Waals surface area contributed by atoms with E-state index in [2.05, 4.69) is 20.1 Å². The summed E-state index contributed by atoms with van der Waals surface area (Å²) >= 11 is 0. The van der Waals surface area contributed by atoms with Crippen LogP contribution in [0.2, 0.25) is 0 Å².